The summed E-state index contributed by atoms with van der Waals surface area (Å²) in [5.74, 6) is 0.631. The maximum atomic E-state index is 12.0. The Morgan fingerprint density at radius 3 is 2.48 bits per heavy atom. The van der Waals surface area contributed by atoms with Crippen molar-refractivity contribution in [3.05, 3.63) is 0 Å². The van der Waals surface area contributed by atoms with Crippen LogP contribution in [0.4, 0.5) is 4.79 Å². The minimum atomic E-state index is -0.453. The summed E-state index contributed by atoms with van der Waals surface area (Å²) in [7, 11) is 0. The van der Waals surface area contributed by atoms with Crippen molar-refractivity contribution < 1.29 is 14.3 Å². The van der Waals surface area contributed by atoms with Crippen LogP contribution in [0, 0.1) is 5.92 Å². The Morgan fingerprint density at radius 2 is 1.91 bits per heavy atom. The summed E-state index contributed by atoms with van der Waals surface area (Å²) < 4.78 is 11.0. The largest absolute Gasteiger partial charge is 0.444 e. The summed E-state index contributed by atoms with van der Waals surface area (Å²) in [4.78, 5) is 12.0. The van der Waals surface area contributed by atoms with Gasteiger partial charge >= 0.3 is 6.09 Å². The van der Waals surface area contributed by atoms with Crippen LogP contribution in [-0.2, 0) is 9.47 Å². The Balaban J connectivity index is 1.88. The van der Waals surface area contributed by atoms with E-state index in [4.69, 9.17) is 9.47 Å². The summed E-state index contributed by atoms with van der Waals surface area (Å²) in [6, 6.07) is 0.694. The first kappa shape index (κ1) is 18.5. The van der Waals surface area contributed by atoms with Crippen molar-refractivity contribution in [2.45, 2.75) is 90.0 Å². The first-order valence-corrected chi connectivity index (χ1v) is 9.19. The van der Waals surface area contributed by atoms with Crippen molar-refractivity contribution in [2.75, 3.05) is 13.2 Å². The maximum Gasteiger partial charge on any atom is 0.407 e. The lowest BCUT2D eigenvalue weighted by Crippen LogP contribution is -2.52. The average molecular weight is 326 g/mol. The lowest BCUT2D eigenvalue weighted by Gasteiger charge is -2.34. The van der Waals surface area contributed by atoms with Gasteiger partial charge in [0.1, 0.15) is 5.60 Å². The highest BCUT2D eigenvalue weighted by atomic mass is 16.6. The molecule has 2 aliphatic rings. The lowest BCUT2D eigenvalue weighted by molar-refractivity contribution is 0.0511. The molecule has 0 aromatic carbocycles. The Morgan fingerprint density at radius 1 is 1.22 bits per heavy atom. The zero-order chi connectivity index (χ0) is 16.9. The number of nitrogens with one attached hydrogen (secondary N) is 2. The van der Waals surface area contributed by atoms with Gasteiger partial charge in [-0.25, -0.2) is 4.79 Å². The molecule has 2 fully saturated rings. The van der Waals surface area contributed by atoms with E-state index in [0.717, 1.165) is 13.0 Å². The van der Waals surface area contributed by atoms with Gasteiger partial charge < -0.3 is 20.1 Å². The molecule has 23 heavy (non-hydrogen) atoms. The van der Waals surface area contributed by atoms with Gasteiger partial charge in [0.15, 0.2) is 0 Å². The predicted octanol–water partition coefficient (Wildman–Crippen LogP) is 3.23. The van der Waals surface area contributed by atoms with Crippen LogP contribution in [0.5, 0.6) is 0 Å². The Kier molecular flexibility index (Phi) is 6.72. The Hall–Kier alpha value is -0.810. The fraction of sp³-hybridized carbons (Fsp3) is 0.944. The van der Waals surface area contributed by atoms with Gasteiger partial charge in [-0.1, -0.05) is 19.3 Å². The molecule has 2 N–H and O–H groups in total. The van der Waals surface area contributed by atoms with Crippen molar-refractivity contribution in [3.8, 4) is 0 Å². The van der Waals surface area contributed by atoms with Crippen molar-refractivity contribution in [1.29, 1.82) is 0 Å². The van der Waals surface area contributed by atoms with Gasteiger partial charge in [-0.15, -0.1) is 0 Å². The molecule has 1 saturated heterocycles. The van der Waals surface area contributed by atoms with E-state index in [2.05, 4.69) is 17.6 Å². The molecule has 5 nitrogen and oxygen atoms in total. The number of carbonyl (C=O) groups excluding carboxylic acids is 1. The number of hydrogen-bond acceptors (Lipinski definition) is 4. The highest BCUT2D eigenvalue weighted by Gasteiger charge is 2.31. The monoisotopic (exact) mass is 326 g/mol. The zero-order valence-electron chi connectivity index (χ0n) is 15.2. The normalized spacial score (nSPS) is 27.7. The second-order valence-electron chi connectivity index (χ2n) is 8.03. The van der Waals surface area contributed by atoms with Gasteiger partial charge in [0.05, 0.1) is 6.10 Å². The van der Waals surface area contributed by atoms with E-state index in [1.165, 1.54) is 32.1 Å². The average Bonchev–Trinajstić information content (AvgIpc) is 2.88. The Labute approximate surface area is 140 Å². The number of hydrogen-bond donors (Lipinski definition) is 2. The van der Waals surface area contributed by atoms with Crippen molar-refractivity contribution in [3.63, 3.8) is 0 Å². The van der Waals surface area contributed by atoms with Crippen LogP contribution in [0.25, 0.3) is 0 Å². The summed E-state index contributed by atoms with van der Waals surface area (Å²) >= 11 is 0. The molecule has 0 radical (unpaired) electrons. The van der Waals surface area contributed by atoms with E-state index in [1.54, 1.807) is 0 Å². The summed E-state index contributed by atoms with van der Waals surface area (Å²) in [6.07, 6.45) is 7.41. The molecule has 3 unspecified atom stereocenters. The maximum absolute atomic E-state index is 12.0. The fourth-order valence-corrected chi connectivity index (χ4v) is 3.63. The number of amides is 1. The first-order valence-electron chi connectivity index (χ1n) is 9.19. The van der Waals surface area contributed by atoms with Crippen LogP contribution < -0.4 is 10.6 Å². The molecule has 1 aliphatic carbocycles. The van der Waals surface area contributed by atoms with E-state index in [9.17, 15) is 4.79 Å². The molecule has 1 aliphatic heterocycles. The minimum absolute atomic E-state index is 0.252. The van der Waals surface area contributed by atoms with Crippen LogP contribution >= 0.6 is 0 Å². The number of alkyl carbamates (subject to hydrolysis) is 1. The molecule has 3 atom stereocenters. The van der Waals surface area contributed by atoms with Crippen molar-refractivity contribution in [1.82, 2.24) is 10.6 Å². The summed E-state index contributed by atoms with van der Waals surface area (Å²) in [5, 5.41) is 6.72. The van der Waals surface area contributed by atoms with Crippen molar-refractivity contribution in [2.24, 2.45) is 5.92 Å². The second-order valence-corrected chi connectivity index (χ2v) is 8.03. The fourth-order valence-electron chi connectivity index (χ4n) is 3.63. The smallest absolute Gasteiger partial charge is 0.407 e. The van der Waals surface area contributed by atoms with Gasteiger partial charge in [0, 0.05) is 25.2 Å². The molecule has 0 aromatic rings. The third-order valence-corrected chi connectivity index (χ3v) is 4.89. The highest BCUT2D eigenvalue weighted by Crippen LogP contribution is 2.27. The van der Waals surface area contributed by atoms with E-state index in [1.807, 2.05) is 20.8 Å². The highest BCUT2D eigenvalue weighted by molar-refractivity contribution is 5.67. The van der Waals surface area contributed by atoms with Gasteiger partial charge in [-0.2, -0.15) is 0 Å². The van der Waals surface area contributed by atoms with Crippen LogP contribution in [0.3, 0.4) is 0 Å². The molecule has 134 valence electrons. The molecule has 2 rings (SSSR count). The molecule has 1 amide bonds. The molecule has 0 bridgehead atoms. The molecule has 1 heterocycles. The number of ether oxygens (including phenoxy) is 2. The van der Waals surface area contributed by atoms with Crippen LogP contribution in [0.1, 0.15) is 66.2 Å². The third kappa shape index (κ3) is 6.30. The SMILES string of the molecule is CC1OCCC1NC(CNC(=O)OC(C)(C)C)C1CCCCC1. The molecule has 0 aromatic heterocycles. The number of rotatable bonds is 5. The topological polar surface area (TPSA) is 59.6 Å². The second kappa shape index (κ2) is 8.34. The molecule has 1 saturated carbocycles. The van der Waals surface area contributed by atoms with E-state index >= 15 is 0 Å². The van der Waals surface area contributed by atoms with Gasteiger partial charge in [0.2, 0.25) is 0 Å². The first-order chi connectivity index (χ1) is 10.8. The quantitative estimate of drug-likeness (QED) is 0.814. The minimum Gasteiger partial charge on any atom is -0.444 e. The van der Waals surface area contributed by atoms with Gasteiger partial charge in [0.25, 0.3) is 0 Å². The Bertz CT molecular complexity index is 375. The van der Waals surface area contributed by atoms with Crippen LogP contribution in [-0.4, -0.2) is 43.0 Å². The summed E-state index contributed by atoms with van der Waals surface area (Å²) in [6.45, 7) is 9.26. The molecule has 0 spiro atoms. The van der Waals surface area contributed by atoms with E-state index < -0.39 is 5.60 Å². The van der Waals surface area contributed by atoms with E-state index in [-0.39, 0.29) is 12.2 Å². The van der Waals surface area contributed by atoms with Gasteiger partial charge in [-0.05, 0) is 52.9 Å². The van der Waals surface area contributed by atoms with E-state index in [0.29, 0.717) is 24.5 Å². The zero-order valence-corrected chi connectivity index (χ0v) is 15.2. The summed E-state index contributed by atoms with van der Waals surface area (Å²) in [5.41, 5.74) is -0.453. The lowest BCUT2D eigenvalue weighted by atomic mass is 9.83. The third-order valence-electron chi connectivity index (χ3n) is 4.89. The van der Waals surface area contributed by atoms with Gasteiger partial charge in [-0.3, -0.25) is 0 Å². The molecular weight excluding hydrogens is 292 g/mol. The number of carbonyl (C=O) groups is 1. The standard InChI is InChI=1S/C18H34N2O3/c1-13-15(10-11-22-13)20-16(14-8-6-5-7-9-14)12-19-17(21)23-18(2,3)4/h13-16,20H,5-12H2,1-4H3,(H,19,21). The van der Waals surface area contributed by atoms with Crippen LogP contribution in [0.2, 0.25) is 0 Å². The predicted molar refractivity (Wildman–Crippen MR) is 91.6 cm³/mol. The molecular formula is C18H34N2O3. The van der Waals surface area contributed by atoms with Crippen LogP contribution in [0.15, 0.2) is 0 Å². The molecule has 5 heteroatoms. The van der Waals surface area contributed by atoms with Crippen molar-refractivity contribution >= 4 is 6.09 Å².